The minimum atomic E-state index is -0.637. The van der Waals surface area contributed by atoms with Gasteiger partial charge in [-0.2, -0.15) is 0 Å². The van der Waals surface area contributed by atoms with Gasteiger partial charge >= 0.3 is 0 Å². The predicted molar refractivity (Wildman–Crippen MR) is 95.3 cm³/mol. The van der Waals surface area contributed by atoms with Crippen LogP contribution in [0.15, 0.2) is 48.7 Å². The molecule has 1 atom stereocenters. The summed E-state index contributed by atoms with van der Waals surface area (Å²) < 4.78 is 14.6. The number of benzene rings is 1. The molecule has 26 heavy (non-hydrogen) atoms. The van der Waals surface area contributed by atoms with Crippen LogP contribution in [0.1, 0.15) is 16.1 Å². The number of carbonyl (C=O) groups is 2. The smallest absolute Gasteiger partial charge is 0.271 e. The molecule has 3 N–H and O–H groups in total. The Morgan fingerprint density at radius 3 is 2.65 bits per heavy atom. The van der Waals surface area contributed by atoms with E-state index in [1.54, 1.807) is 40.9 Å². The first-order valence-electron chi connectivity index (χ1n) is 7.90. The molecule has 0 spiro atoms. The van der Waals surface area contributed by atoms with Gasteiger partial charge in [-0.1, -0.05) is 29.8 Å². The van der Waals surface area contributed by atoms with E-state index in [2.05, 4.69) is 10.3 Å². The number of aromatic nitrogens is 2. The van der Waals surface area contributed by atoms with Crippen molar-refractivity contribution < 1.29 is 14.0 Å². The minimum absolute atomic E-state index is 0.0297. The van der Waals surface area contributed by atoms with Crippen LogP contribution in [0.25, 0.3) is 5.65 Å². The molecule has 2 amide bonds. The van der Waals surface area contributed by atoms with Crippen molar-refractivity contribution in [3.63, 3.8) is 0 Å². The van der Waals surface area contributed by atoms with Gasteiger partial charge in [0, 0.05) is 12.7 Å². The Morgan fingerprint density at radius 1 is 1.23 bits per heavy atom. The van der Waals surface area contributed by atoms with Crippen molar-refractivity contribution in [1.82, 2.24) is 14.7 Å². The van der Waals surface area contributed by atoms with E-state index in [0.717, 1.165) is 5.56 Å². The number of amides is 2. The molecule has 0 aliphatic carbocycles. The number of imidazole rings is 1. The molecule has 2 aromatic heterocycles. The highest BCUT2D eigenvalue weighted by Gasteiger charge is 2.21. The fraction of sp³-hybridized carbons (Fsp3) is 0.167. The first kappa shape index (κ1) is 17.9. The number of primary amides is 1. The molecule has 0 radical (unpaired) electrons. The zero-order valence-electron chi connectivity index (χ0n) is 13.7. The monoisotopic (exact) mass is 374 g/mol. The molecule has 0 saturated carbocycles. The molecule has 0 aliphatic rings. The third-order valence-corrected chi connectivity index (χ3v) is 4.27. The lowest BCUT2D eigenvalue weighted by Crippen LogP contribution is -2.37. The molecular formula is C18H16ClFN4O2. The molecule has 1 unspecified atom stereocenters. The van der Waals surface area contributed by atoms with Crippen molar-refractivity contribution in [3.8, 4) is 0 Å². The van der Waals surface area contributed by atoms with Crippen LogP contribution in [0, 0.1) is 11.7 Å². The summed E-state index contributed by atoms with van der Waals surface area (Å²) >= 11 is 6.07. The van der Waals surface area contributed by atoms with Crippen LogP contribution in [-0.2, 0) is 11.2 Å². The Kier molecular flexibility index (Phi) is 5.18. The zero-order chi connectivity index (χ0) is 18.7. The third kappa shape index (κ3) is 3.83. The summed E-state index contributed by atoms with van der Waals surface area (Å²) in [6.07, 6.45) is 1.96. The van der Waals surface area contributed by atoms with Crippen LogP contribution >= 0.6 is 11.6 Å². The van der Waals surface area contributed by atoms with Gasteiger partial charge < -0.3 is 11.1 Å². The van der Waals surface area contributed by atoms with E-state index in [9.17, 15) is 14.0 Å². The molecule has 0 fully saturated rings. The number of fused-ring (bicyclic) bond motifs is 1. The highest BCUT2D eigenvalue weighted by Crippen LogP contribution is 2.17. The molecular weight excluding hydrogens is 359 g/mol. The number of rotatable bonds is 6. The first-order chi connectivity index (χ1) is 12.5. The van der Waals surface area contributed by atoms with Gasteiger partial charge in [0.2, 0.25) is 5.91 Å². The fourth-order valence-electron chi connectivity index (χ4n) is 2.65. The lowest BCUT2D eigenvalue weighted by molar-refractivity contribution is -0.121. The zero-order valence-corrected chi connectivity index (χ0v) is 14.4. The van der Waals surface area contributed by atoms with E-state index in [4.69, 9.17) is 17.3 Å². The van der Waals surface area contributed by atoms with Crippen LogP contribution in [-0.4, -0.2) is 27.7 Å². The van der Waals surface area contributed by atoms with Gasteiger partial charge in [-0.05, 0) is 36.2 Å². The van der Waals surface area contributed by atoms with Crippen molar-refractivity contribution in [1.29, 1.82) is 0 Å². The lowest BCUT2D eigenvalue weighted by atomic mass is 9.98. The maximum absolute atomic E-state index is 13.0. The summed E-state index contributed by atoms with van der Waals surface area (Å²) in [7, 11) is 0. The number of hydrogen-bond acceptors (Lipinski definition) is 3. The molecule has 0 saturated heterocycles. The highest BCUT2D eigenvalue weighted by atomic mass is 35.5. The van der Waals surface area contributed by atoms with Gasteiger partial charge in [0.15, 0.2) is 10.8 Å². The number of pyridine rings is 1. The summed E-state index contributed by atoms with van der Waals surface area (Å²) in [6, 6.07) is 11.0. The van der Waals surface area contributed by atoms with E-state index in [-0.39, 0.29) is 29.6 Å². The maximum Gasteiger partial charge on any atom is 0.271 e. The number of nitrogens with two attached hydrogens (primary N) is 1. The van der Waals surface area contributed by atoms with E-state index in [0.29, 0.717) is 5.65 Å². The van der Waals surface area contributed by atoms with E-state index < -0.39 is 17.7 Å². The molecule has 0 bridgehead atoms. The van der Waals surface area contributed by atoms with E-state index in [1.165, 1.54) is 12.1 Å². The van der Waals surface area contributed by atoms with E-state index >= 15 is 0 Å². The summed E-state index contributed by atoms with van der Waals surface area (Å²) in [4.78, 5) is 28.3. The Balaban J connectivity index is 1.72. The maximum atomic E-state index is 13.0. The number of nitrogens with one attached hydrogen (secondary N) is 1. The van der Waals surface area contributed by atoms with Crippen molar-refractivity contribution >= 4 is 29.1 Å². The molecule has 1 aromatic carbocycles. The van der Waals surface area contributed by atoms with Gasteiger partial charge in [-0.3, -0.25) is 14.0 Å². The van der Waals surface area contributed by atoms with Gasteiger partial charge in [0.05, 0.1) is 5.92 Å². The lowest BCUT2D eigenvalue weighted by Gasteiger charge is -2.14. The van der Waals surface area contributed by atoms with Crippen molar-refractivity contribution in [2.75, 3.05) is 6.54 Å². The summed E-state index contributed by atoms with van der Waals surface area (Å²) in [5.74, 6) is -2.01. The number of hydrogen-bond donors (Lipinski definition) is 2. The summed E-state index contributed by atoms with van der Waals surface area (Å²) in [5, 5.41) is 2.74. The molecule has 3 rings (SSSR count). The normalized spacial score (nSPS) is 12.1. The van der Waals surface area contributed by atoms with E-state index in [1.807, 2.05) is 0 Å². The molecule has 2 heterocycles. The molecule has 8 heteroatoms. The molecule has 3 aromatic rings. The van der Waals surface area contributed by atoms with Crippen LogP contribution in [0.5, 0.6) is 0 Å². The second-order valence-electron chi connectivity index (χ2n) is 5.82. The SMILES string of the molecule is NC(=O)C(CNC(=O)c1c(Cl)nc2ccccn12)Cc1ccc(F)cc1. The first-order valence-corrected chi connectivity index (χ1v) is 8.28. The Labute approximate surface area is 153 Å². The summed E-state index contributed by atoms with van der Waals surface area (Å²) in [5.41, 5.74) is 6.91. The summed E-state index contributed by atoms with van der Waals surface area (Å²) in [6.45, 7) is 0.0297. The fourth-order valence-corrected chi connectivity index (χ4v) is 2.91. The predicted octanol–water partition coefficient (Wildman–Crippen LogP) is 2.20. The van der Waals surface area contributed by atoms with Gasteiger partial charge in [0.25, 0.3) is 5.91 Å². The molecule has 134 valence electrons. The Bertz CT molecular complexity index is 955. The van der Waals surface area contributed by atoms with Crippen LogP contribution in [0.3, 0.4) is 0 Å². The number of nitrogens with zero attached hydrogens (tertiary/aromatic N) is 2. The molecule has 6 nitrogen and oxygen atoms in total. The largest absolute Gasteiger partial charge is 0.369 e. The van der Waals surface area contributed by atoms with Crippen LogP contribution < -0.4 is 11.1 Å². The standard InChI is InChI=1S/C18H16ClFN4O2/c19-16-15(24-8-2-1-3-14(24)23-16)18(26)22-10-12(17(21)25)9-11-4-6-13(20)7-5-11/h1-8,12H,9-10H2,(H2,21,25)(H,22,26). The minimum Gasteiger partial charge on any atom is -0.369 e. The van der Waals surface area contributed by atoms with Crippen molar-refractivity contribution in [2.24, 2.45) is 11.7 Å². The molecule has 0 aliphatic heterocycles. The van der Waals surface area contributed by atoms with Gasteiger partial charge in [0.1, 0.15) is 11.5 Å². The van der Waals surface area contributed by atoms with Crippen molar-refractivity contribution in [2.45, 2.75) is 6.42 Å². The highest BCUT2D eigenvalue weighted by molar-refractivity contribution is 6.32. The van der Waals surface area contributed by atoms with Crippen LogP contribution in [0.4, 0.5) is 4.39 Å². The second kappa shape index (κ2) is 7.53. The Hall–Kier alpha value is -2.93. The average molecular weight is 375 g/mol. The number of carbonyl (C=O) groups excluding carboxylic acids is 2. The quantitative estimate of drug-likeness (QED) is 0.693. The third-order valence-electron chi connectivity index (χ3n) is 4.01. The van der Waals surface area contributed by atoms with Gasteiger partial charge in [-0.25, -0.2) is 9.37 Å². The van der Waals surface area contributed by atoms with Crippen LogP contribution in [0.2, 0.25) is 5.15 Å². The second-order valence-corrected chi connectivity index (χ2v) is 6.18. The average Bonchev–Trinajstić information content (AvgIpc) is 2.95. The van der Waals surface area contributed by atoms with Crippen molar-refractivity contribution in [3.05, 3.63) is 70.9 Å². The topological polar surface area (TPSA) is 89.5 Å². The number of halogens is 2. The Morgan fingerprint density at radius 2 is 1.96 bits per heavy atom. The van der Waals surface area contributed by atoms with Gasteiger partial charge in [-0.15, -0.1) is 0 Å².